The van der Waals surface area contributed by atoms with Crippen molar-refractivity contribution >= 4 is 27.3 Å². The zero-order chi connectivity index (χ0) is 15.2. The molecular weight excluding hydrogens is 350 g/mol. The van der Waals surface area contributed by atoms with Crippen molar-refractivity contribution in [1.82, 2.24) is 5.32 Å². The lowest BCUT2D eigenvalue weighted by atomic mass is 10.1. The Bertz CT molecular complexity index is 583. The van der Waals surface area contributed by atoms with Crippen molar-refractivity contribution in [2.75, 3.05) is 7.11 Å². The maximum Gasteiger partial charge on any atom is 0.124 e. The number of halogens is 1. The maximum atomic E-state index is 5.98. The Morgan fingerprint density at radius 1 is 1.29 bits per heavy atom. The van der Waals surface area contributed by atoms with Crippen molar-refractivity contribution in [3.8, 4) is 11.5 Å². The van der Waals surface area contributed by atoms with Gasteiger partial charge in [0.15, 0.2) is 0 Å². The normalized spacial score (nSPS) is 10.9. The molecule has 0 aliphatic rings. The number of hydrogen-bond donors (Lipinski definition) is 1. The minimum absolute atomic E-state index is 0.426. The number of methoxy groups -OCH3 is 1. The molecule has 0 saturated heterocycles. The lowest BCUT2D eigenvalue weighted by Crippen LogP contribution is -2.22. The molecular formula is C16H20BrNO2S. The summed E-state index contributed by atoms with van der Waals surface area (Å²) in [5.74, 6) is 1.74. The number of rotatable bonds is 7. The number of hydrogen-bond acceptors (Lipinski definition) is 4. The molecule has 0 amide bonds. The zero-order valence-corrected chi connectivity index (χ0v) is 14.9. The van der Waals surface area contributed by atoms with Gasteiger partial charge in [-0.3, -0.25) is 0 Å². The highest BCUT2D eigenvalue weighted by atomic mass is 79.9. The SMILES string of the molecule is COc1ccc(OCc2sccc2Br)c(CNC(C)C)c1. The third-order valence-electron chi connectivity index (χ3n) is 3.02. The Labute approximate surface area is 138 Å². The van der Waals surface area contributed by atoms with Gasteiger partial charge in [0.2, 0.25) is 0 Å². The average molecular weight is 370 g/mol. The fraction of sp³-hybridized carbons (Fsp3) is 0.375. The van der Waals surface area contributed by atoms with Crippen molar-refractivity contribution in [3.63, 3.8) is 0 Å². The Balaban J connectivity index is 2.11. The van der Waals surface area contributed by atoms with Gasteiger partial charge in [0.05, 0.1) is 12.0 Å². The summed E-state index contributed by atoms with van der Waals surface area (Å²) in [6.45, 7) is 5.59. The van der Waals surface area contributed by atoms with Gasteiger partial charge in [0.1, 0.15) is 18.1 Å². The Morgan fingerprint density at radius 3 is 2.71 bits per heavy atom. The van der Waals surface area contributed by atoms with Gasteiger partial charge >= 0.3 is 0 Å². The van der Waals surface area contributed by atoms with Gasteiger partial charge < -0.3 is 14.8 Å². The van der Waals surface area contributed by atoms with E-state index in [1.54, 1.807) is 18.4 Å². The van der Waals surface area contributed by atoms with E-state index in [1.807, 2.05) is 24.3 Å². The van der Waals surface area contributed by atoms with E-state index >= 15 is 0 Å². The Hall–Kier alpha value is -1.04. The minimum atomic E-state index is 0.426. The van der Waals surface area contributed by atoms with Crippen molar-refractivity contribution in [1.29, 1.82) is 0 Å². The Kier molecular flexibility index (Phi) is 6.08. The highest BCUT2D eigenvalue weighted by Gasteiger charge is 2.09. The largest absolute Gasteiger partial charge is 0.497 e. The molecule has 114 valence electrons. The molecule has 0 unspecified atom stereocenters. The molecule has 5 heteroatoms. The van der Waals surface area contributed by atoms with E-state index in [4.69, 9.17) is 9.47 Å². The van der Waals surface area contributed by atoms with Crippen molar-refractivity contribution < 1.29 is 9.47 Å². The van der Waals surface area contributed by atoms with Gasteiger partial charge in [0.25, 0.3) is 0 Å². The Morgan fingerprint density at radius 2 is 2.10 bits per heavy atom. The summed E-state index contributed by atoms with van der Waals surface area (Å²) < 4.78 is 12.4. The van der Waals surface area contributed by atoms with Crippen LogP contribution in [0, 0.1) is 0 Å². The van der Waals surface area contributed by atoms with Crippen LogP contribution >= 0.6 is 27.3 Å². The molecule has 1 N–H and O–H groups in total. The molecule has 1 heterocycles. The van der Waals surface area contributed by atoms with Crippen LogP contribution < -0.4 is 14.8 Å². The molecule has 0 spiro atoms. The van der Waals surface area contributed by atoms with Crippen LogP contribution in [0.3, 0.4) is 0 Å². The van der Waals surface area contributed by atoms with Crippen LogP contribution in [0.25, 0.3) is 0 Å². The summed E-state index contributed by atoms with van der Waals surface area (Å²) >= 11 is 5.22. The second-order valence-electron chi connectivity index (χ2n) is 4.99. The molecule has 0 fully saturated rings. The van der Waals surface area contributed by atoms with Gasteiger partial charge in [0, 0.05) is 22.6 Å². The predicted molar refractivity (Wildman–Crippen MR) is 91.3 cm³/mol. The average Bonchev–Trinajstić information content (AvgIpc) is 2.88. The summed E-state index contributed by atoms with van der Waals surface area (Å²) in [4.78, 5) is 1.19. The first-order valence-corrected chi connectivity index (χ1v) is 8.52. The van der Waals surface area contributed by atoms with E-state index in [-0.39, 0.29) is 0 Å². The lowest BCUT2D eigenvalue weighted by molar-refractivity contribution is 0.303. The minimum Gasteiger partial charge on any atom is -0.497 e. The van der Waals surface area contributed by atoms with Gasteiger partial charge in [-0.15, -0.1) is 11.3 Å². The molecule has 2 aromatic rings. The van der Waals surface area contributed by atoms with Crippen molar-refractivity contribution in [3.05, 3.63) is 44.6 Å². The van der Waals surface area contributed by atoms with E-state index in [2.05, 4.69) is 40.5 Å². The van der Waals surface area contributed by atoms with E-state index in [0.717, 1.165) is 28.1 Å². The van der Waals surface area contributed by atoms with Gasteiger partial charge in [-0.05, 0) is 45.6 Å². The molecule has 0 atom stereocenters. The third kappa shape index (κ3) is 4.73. The number of benzene rings is 1. The molecule has 0 aliphatic carbocycles. The number of ether oxygens (including phenoxy) is 2. The van der Waals surface area contributed by atoms with Crippen molar-refractivity contribution in [2.45, 2.75) is 33.0 Å². The monoisotopic (exact) mass is 369 g/mol. The fourth-order valence-corrected chi connectivity index (χ4v) is 3.23. The summed E-state index contributed by atoms with van der Waals surface area (Å²) in [7, 11) is 1.68. The molecule has 3 nitrogen and oxygen atoms in total. The highest BCUT2D eigenvalue weighted by molar-refractivity contribution is 9.10. The third-order valence-corrected chi connectivity index (χ3v) is 4.92. The summed E-state index contributed by atoms with van der Waals surface area (Å²) in [5.41, 5.74) is 1.11. The number of thiophene rings is 1. The lowest BCUT2D eigenvalue weighted by Gasteiger charge is -2.15. The molecule has 0 radical (unpaired) electrons. The van der Waals surface area contributed by atoms with E-state index in [1.165, 1.54) is 4.88 Å². The second kappa shape index (κ2) is 7.82. The van der Waals surface area contributed by atoms with E-state index in [0.29, 0.717) is 12.6 Å². The molecule has 0 aliphatic heterocycles. The topological polar surface area (TPSA) is 30.5 Å². The van der Waals surface area contributed by atoms with Crippen LogP contribution in [-0.4, -0.2) is 13.2 Å². The van der Waals surface area contributed by atoms with Crippen LogP contribution in [0.4, 0.5) is 0 Å². The highest BCUT2D eigenvalue weighted by Crippen LogP contribution is 2.28. The molecule has 21 heavy (non-hydrogen) atoms. The first-order chi connectivity index (χ1) is 10.1. The van der Waals surface area contributed by atoms with Crippen LogP contribution in [0.2, 0.25) is 0 Å². The van der Waals surface area contributed by atoms with Crippen LogP contribution in [-0.2, 0) is 13.2 Å². The van der Waals surface area contributed by atoms with Gasteiger partial charge in [-0.25, -0.2) is 0 Å². The molecule has 1 aromatic carbocycles. The zero-order valence-electron chi connectivity index (χ0n) is 12.5. The molecule has 0 bridgehead atoms. The first kappa shape index (κ1) is 16.3. The first-order valence-electron chi connectivity index (χ1n) is 6.85. The second-order valence-corrected chi connectivity index (χ2v) is 6.84. The molecule has 2 rings (SSSR count). The molecule has 1 aromatic heterocycles. The van der Waals surface area contributed by atoms with E-state index < -0.39 is 0 Å². The van der Waals surface area contributed by atoms with Gasteiger partial charge in [-0.1, -0.05) is 13.8 Å². The summed E-state index contributed by atoms with van der Waals surface area (Å²) in [6, 6.07) is 8.39. The summed E-state index contributed by atoms with van der Waals surface area (Å²) in [6.07, 6.45) is 0. The van der Waals surface area contributed by atoms with Crippen LogP contribution in [0.5, 0.6) is 11.5 Å². The maximum absolute atomic E-state index is 5.98. The number of nitrogens with one attached hydrogen (secondary N) is 1. The molecule has 0 saturated carbocycles. The van der Waals surface area contributed by atoms with Crippen molar-refractivity contribution in [2.24, 2.45) is 0 Å². The van der Waals surface area contributed by atoms with E-state index in [9.17, 15) is 0 Å². The fourth-order valence-electron chi connectivity index (χ4n) is 1.85. The smallest absolute Gasteiger partial charge is 0.124 e. The van der Waals surface area contributed by atoms with Crippen LogP contribution in [0.15, 0.2) is 34.1 Å². The van der Waals surface area contributed by atoms with Crippen LogP contribution in [0.1, 0.15) is 24.3 Å². The quantitative estimate of drug-likeness (QED) is 0.773. The standard InChI is InChI=1S/C16H20BrNO2S/c1-11(2)18-9-12-8-13(19-3)4-5-15(12)20-10-16-14(17)6-7-21-16/h4-8,11,18H,9-10H2,1-3H3. The predicted octanol–water partition coefficient (Wildman–Crippen LogP) is 4.60. The van der Waals surface area contributed by atoms with Gasteiger partial charge in [-0.2, -0.15) is 0 Å². The summed E-state index contributed by atoms with van der Waals surface area (Å²) in [5, 5.41) is 5.47.